The number of aliphatic hydroxyl groups excluding tert-OH is 1. The number of benzene rings is 2. The van der Waals surface area contributed by atoms with Crippen molar-refractivity contribution < 1.29 is 14.2 Å². The molecule has 0 saturated carbocycles. The Morgan fingerprint density at radius 3 is 2.72 bits per heavy atom. The van der Waals surface area contributed by atoms with Crippen molar-refractivity contribution >= 4 is 27.5 Å². The molecule has 0 fully saturated rings. The van der Waals surface area contributed by atoms with Gasteiger partial charge < -0.3 is 9.84 Å². The standard InChI is InChI=1S/C19H12BrClFN3O4/c20-15-2-1-11(7-25-8-12(9-26)18(27)24-19(25)28)16(22)17(15)29-14-4-10(6-23)3-13(21)5-14/h1-5,8,26H,7,9H2,(H,24,27,28). The normalized spacial score (nSPS) is 10.6. The second-order valence-electron chi connectivity index (χ2n) is 5.94. The number of aromatic amines is 1. The Hall–Kier alpha value is -2.93. The van der Waals surface area contributed by atoms with E-state index in [-0.39, 0.29) is 39.8 Å². The zero-order valence-corrected chi connectivity index (χ0v) is 16.9. The third-order valence-electron chi connectivity index (χ3n) is 3.95. The number of hydrogen-bond donors (Lipinski definition) is 2. The van der Waals surface area contributed by atoms with E-state index in [0.29, 0.717) is 4.47 Å². The van der Waals surface area contributed by atoms with Crippen LogP contribution in [-0.2, 0) is 13.2 Å². The second kappa shape index (κ2) is 8.61. The Bertz CT molecular complexity index is 1250. The van der Waals surface area contributed by atoms with E-state index in [1.807, 2.05) is 6.07 Å². The molecule has 0 amide bonds. The molecule has 1 heterocycles. The second-order valence-corrected chi connectivity index (χ2v) is 7.23. The minimum atomic E-state index is -0.749. The number of nitrogens with zero attached hydrogens (tertiary/aromatic N) is 2. The van der Waals surface area contributed by atoms with Crippen LogP contribution in [0.4, 0.5) is 4.39 Å². The zero-order valence-electron chi connectivity index (χ0n) is 14.6. The van der Waals surface area contributed by atoms with Crippen LogP contribution >= 0.6 is 27.5 Å². The molecule has 0 bridgehead atoms. The van der Waals surface area contributed by atoms with Crippen molar-refractivity contribution in [1.82, 2.24) is 9.55 Å². The number of rotatable bonds is 5. The molecule has 0 aliphatic rings. The SMILES string of the molecule is N#Cc1cc(Cl)cc(Oc2c(Br)ccc(Cn3cc(CO)c(=O)[nH]c3=O)c2F)c1. The summed E-state index contributed by atoms with van der Waals surface area (Å²) < 4.78 is 22.1. The first kappa shape index (κ1) is 20.8. The summed E-state index contributed by atoms with van der Waals surface area (Å²) in [6.45, 7) is -0.778. The Morgan fingerprint density at radius 2 is 2.03 bits per heavy atom. The van der Waals surface area contributed by atoms with Crippen LogP contribution in [0.15, 0.2) is 50.6 Å². The summed E-state index contributed by atoms with van der Waals surface area (Å²) in [5.41, 5.74) is -1.13. The third kappa shape index (κ3) is 4.56. The minimum absolute atomic E-state index is 0.0263. The Kier molecular flexibility index (Phi) is 6.17. The van der Waals surface area contributed by atoms with Gasteiger partial charge in [0.15, 0.2) is 11.6 Å². The molecule has 3 aromatic rings. The van der Waals surface area contributed by atoms with Gasteiger partial charge in [0.1, 0.15) is 5.75 Å². The van der Waals surface area contributed by atoms with Crippen molar-refractivity contribution in [2.45, 2.75) is 13.2 Å². The molecular formula is C19H12BrClFN3O4. The first-order chi connectivity index (χ1) is 13.8. The van der Waals surface area contributed by atoms with Gasteiger partial charge in [-0.3, -0.25) is 14.3 Å². The van der Waals surface area contributed by atoms with Crippen molar-refractivity contribution in [2.75, 3.05) is 0 Å². The van der Waals surface area contributed by atoms with Gasteiger partial charge in [0.2, 0.25) is 0 Å². The van der Waals surface area contributed by atoms with Crippen molar-refractivity contribution in [3.8, 4) is 17.6 Å². The molecule has 3 rings (SSSR count). The molecule has 0 radical (unpaired) electrons. The van der Waals surface area contributed by atoms with Gasteiger partial charge in [-0.2, -0.15) is 5.26 Å². The lowest BCUT2D eigenvalue weighted by Gasteiger charge is -2.13. The lowest BCUT2D eigenvalue weighted by atomic mass is 10.2. The number of nitriles is 1. The molecule has 1 aromatic heterocycles. The van der Waals surface area contributed by atoms with Crippen molar-refractivity contribution in [2.24, 2.45) is 0 Å². The molecule has 0 spiro atoms. The number of hydrogen-bond acceptors (Lipinski definition) is 5. The Balaban J connectivity index is 2.00. The summed E-state index contributed by atoms with van der Waals surface area (Å²) in [4.78, 5) is 25.6. The van der Waals surface area contributed by atoms with Crippen molar-refractivity contribution in [1.29, 1.82) is 5.26 Å². The molecular weight excluding hydrogens is 469 g/mol. The van der Waals surface area contributed by atoms with E-state index in [0.717, 1.165) is 4.57 Å². The van der Waals surface area contributed by atoms with Crippen LogP contribution in [0.3, 0.4) is 0 Å². The molecule has 2 aromatic carbocycles. The van der Waals surface area contributed by atoms with Crippen LogP contribution in [0, 0.1) is 17.1 Å². The van der Waals surface area contributed by atoms with Crippen molar-refractivity contribution in [3.63, 3.8) is 0 Å². The zero-order chi connectivity index (χ0) is 21.1. The van der Waals surface area contributed by atoms with E-state index in [1.54, 1.807) is 0 Å². The fourth-order valence-electron chi connectivity index (χ4n) is 2.56. The van der Waals surface area contributed by atoms with E-state index < -0.39 is 23.7 Å². The molecule has 0 atom stereocenters. The topological polar surface area (TPSA) is 108 Å². The van der Waals surface area contributed by atoms with Crippen LogP contribution in [0.1, 0.15) is 16.7 Å². The van der Waals surface area contributed by atoms with Gasteiger partial charge in [-0.15, -0.1) is 0 Å². The van der Waals surface area contributed by atoms with E-state index in [9.17, 15) is 14.7 Å². The monoisotopic (exact) mass is 479 g/mol. The first-order valence-corrected chi connectivity index (χ1v) is 9.28. The maximum Gasteiger partial charge on any atom is 0.328 e. The van der Waals surface area contributed by atoms with E-state index in [4.69, 9.17) is 21.6 Å². The van der Waals surface area contributed by atoms with Gasteiger partial charge >= 0.3 is 5.69 Å². The smallest absolute Gasteiger partial charge is 0.328 e. The first-order valence-electron chi connectivity index (χ1n) is 8.11. The average molecular weight is 481 g/mol. The van der Waals surface area contributed by atoms with Crippen LogP contribution in [0.25, 0.3) is 0 Å². The molecule has 148 valence electrons. The highest BCUT2D eigenvalue weighted by molar-refractivity contribution is 9.10. The maximum atomic E-state index is 15.1. The molecule has 0 unspecified atom stereocenters. The maximum absolute atomic E-state index is 15.1. The molecule has 0 saturated heterocycles. The lowest BCUT2D eigenvalue weighted by Crippen LogP contribution is -2.32. The van der Waals surface area contributed by atoms with Gasteiger partial charge in [-0.25, -0.2) is 9.18 Å². The highest BCUT2D eigenvalue weighted by atomic mass is 79.9. The summed E-state index contributed by atoms with van der Waals surface area (Å²) in [7, 11) is 0. The molecule has 0 aliphatic heterocycles. The van der Waals surface area contributed by atoms with E-state index in [1.165, 1.54) is 36.5 Å². The largest absolute Gasteiger partial charge is 0.453 e. The van der Waals surface area contributed by atoms with Gasteiger partial charge in [-0.05, 0) is 40.2 Å². The van der Waals surface area contributed by atoms with Gasteiger partial charge in [0, 0.05) is 16.8 Å². The predicted molar refractivity (Wildman–Crippen MR) is 107 cm³/mol. The molecule has 29 heavy (non-hydrogen) atoms. The molecule has 0 aliphatic carbocycles. The van der Waals surface area contributed by atoms with E-state index in [2.05, 4.69) is 20.9 Å². The lowest BCUT2D eigenvalue weighted by molar-refractivity contribution is 0.278. The highest BCUT2D eigenvalue weighted by Gasteiger charge is 2.16. The molecule has 2 N–H and O–H groups in total. The van der Waals surface area contributed by atoms with Crippen LogP contribution in [-0.4, -0.2) is 14.7 Å². The van der Waals surface area contributed by atoms with E-state index >= 15 is 4.39 Å². The predicted octanol–water partition coefficient (Wildman–Crippen LogP) is 3.30. The summed E-state index contributed by atoms with van der Waals surface area (Å²) in [5, 5.41) is 18.5. The Morgan fingerprint density at radius 1 is 1.28 bits per heavy atom. The van der Waals surface area contributed by atoms with Crippen molar-refractivity contribution in [3.05, 3.63) is 89.4 Å². The molecule has 10 heteroatoms. The number of nitrogens with one attached hydrogen (secondary N) is 1. The summed E-state index contributed by atoms with van der Waals surface area (Å²) >= 11 is 9.16. The number of H-pyrrole nitrogens is 1. The highest BCUT2D eigenvalue weighted by Crippen LogP contribution is 2.35. The fourth-order valence-corrected chi connectivity index (χ4v) is 3.17. The quantitative estimate of drug-likeness (QED) is 0.583. The number of aromatic nitrogens is 2. The number of halogens is 3. The average Bonchev–Trinajstić information content (AvgIpc) is 2.68. The van der Waals surface area contributed by atoms with Crippen LogP contribution in [0.5, 0.6) is 11.5 Å². The number of ether oxygens (including phenoxy) is 1. The van der Waals surface area contributed by atoms with Crippen LogP contribution in [0.2, 0.25) is 5.02 Å². The summed E-state index contributed by atoms with van der Waals surface area (Å²) in [5.74, 6) is -0.746. The fraction of sp³-hybridized carbons (Fsp3) is 0.105. The van der Waals surface area contributed by atoms with Gasteiger partial charge in [0.05, 0.1) is 34.8 Å². The van der Waals surface area contributed by atoms with Crippen LogP contribution < -0.4 is 16.0 Å². The molecule has 7 nitrogen and oxygen atoms in total. The summed E-state index contributed by atoms with van der Waals surface area (Å²) in [6.07, 6.45) is 1.17. The Labute approximate surface area is 176 Å². The van der Waals surface area contributed by atoms with Gasteiger partial charge in [0.25, 0.3) is 5.56 Å². The van der Waals surface area contributed by atoms with Gasteiger partial charge in [-0.1, -0.05) is 17.7 Å². The number of aliphatic hydroxyl groups is 1. The summed E-state index contributed by atoms with van der Waals surface area (Å²) in [6, 6.07) is 9.19. The third-order valence-corrected chi connectivity index (χ3v) is 4.79. The minimum Gasteiger partial charge on any atom is -0.453 e.